The fourth-order valence-corrected chi connectivity index (χ4v) is 5.02. The van der Waals surface area contributed by atoms with Crippen LogP contribution in [0.25, 0.3) is 0 Å². The molecule has 0 bridgehead atoms. The first-order valence-corrected chi connectivity index (χ1v) is 13.0. The van der Waals surface area contributed by atoms with E-state index < -0.39 is 9.84 Å². The number of hydrogen-bond acceptors (Lipinski definition) is 9. The summed E-state index contributed by atoms with van der Waals surface area (Å²) in [5.41, 5.74) is 0. The van der Waals surface area contributed by atoms with E-state index in [1.165, 1.54) is 23.7 Å². The summed E-state index contributed by atoms with van der Waals surface area (Å²) in [6.45, 7) is 7.18. The number of hydrogen-bond donors (Lipinski definition) is 1. The number of pyridine rings is 1. The number of carbonyl (C=O) groups excluding carboxylic acids is 1. The molecule has 11 heteroatoms. The summed E-state index contributed by atoms with van der Waals surface area (Å²) >= 11 is 1.50. The van der Waals surface area contributed by atoms with E-state index in [1.54, 1.807) is 0 Å². The van der Waals surface area contributed by atoms with E-state index in [1.807, 2.05) is 0 Å². The number of amides is 1. The van der Waals surface area contributed by atoms with Crippen LogP contribution >= 0.6 is 11.5 Å². The number of likely N-dealkylation sites (tertiary alicyclic amines) is 1. The molecule has 1 amide bonds. The monoisotopic (exact) mass is 467 g/mol. The first-order valence-electron chi connectivity index (χ1n) is 10.4. The highest BCUT2D eigenvalue weighted by atomic mass is 32.2. The van der Waals surface area contributed by atoms with E-state index >= 15 is 0 Å². The molecule has 2 aromatic rings. The lowest BCUT2D eigenvalue weighted by molar-refractivity contribution is -0.130. The number of rotatable bonds is 4. The van der Waals surface area contributed by atoms with Gasteiger partial charge in [-0.1, -0.05) is 13.8 Å². The van der Waals surface area contributed by atoms with E-state index in [2.05, 4.69) is 38.0 Å². The Labute approximate surface area is 187 Å². The summed E-state index contributed by atoms with van der Waals surface area (Å²) in [6, 6.07) is 2.98. The SMILES string of the molecule is CC(C)c1nsc(N2CCC(N3CCCC3=O)CC2)n1.CS(=O)(=O)c1ccc(O)cn1. The Balaban J connectivity index is 0.000000210. The number of sulfone groups is 1. The van der Waals surface area contributed by atoms with E-state index in [4.69, 9.17) is 5.11 Å². The van der Waals surface area contributed by atoms with Gasteiger partial charge in [0, 0.05) is 55.8 Å². The molecule has 0 saturated carbocycles. The van der Waals surface area contributed by atoms with Gasteiger partial charge in [0.05, 0.1) is 6.20 Å². The van der Waals surface area contributed by atoms with Crippen molar-refractivity contribution in [2.24, 2.45) is 0 Å². The Morgan fingerprint density at radius 2 is 1.90 bits per heavy atom. The molecule has 2 aliphatic rings. The van der Waals surface area contributed by atoms with Crippen LogP contribution in [0.4, 0.5) is 5.13 Å². The van der Waals surface area contributed by atoms with Gasteiger partial charge in [0.2, 0.25) is 11.0 Å². The lowest BCUT2D eigenvalue weighted by Crippen LogP contribution is -2.45. The molecule has 0 aromatic carbocycles. The molecule has 0 atom stereocenters. The molecule has 4 rings (SSSR count). The van der Waals surface area contributed by atoms with E-state index in [9.17, 15) is 13.2 Å². The average molecular weight is 468 g/mol. The number of carbonyl (C=O) groups is 1. The molecular weight excluding hydrogens is 438 g/mol. The predicted molar refractivity (Wildman–Crippen MR) is 119 cm³/mol. The lowest BCUT2D eigenvalue weighted by atomic mass is 10.0. The molecule has 9 nitrogen and oxygen atoms in total. The summed E-state index contributed by atoms with van der Waals surface area (Å²) in [7, 11) is -3.24. The maximum absolute atomic E-state index is 11.8. The fraction of sp³-hybridized carbons (Fsp3) is 0.600. The van der Waals surface area contributed by atoms with Gasteiger partial charge in [-0.05, 0) is 31.4 Å². The van der Waals surface area contributed by atoms with Crippen LogP contribution < -0.4 is 4.90 Å². The molecular formula is C20H29N5O4S2. The number of aromatic nitrogens is 3. The fourth-order valence-electron chi connectivity index (χ4n) is 3.61. The highest BCUT2D eigenvalue weighted by Crippen LogP contribution is 2.27. The zero-order valence-corrected chi connectivity index (χ0v) is 19.7. The quantitative estimate of drug-likeness (QED) is 0.729. The highest BCUT2D eigenvalue weighted by molar-refractivity contribution is 7.90. The van der Waals surface area contributed by atoms with Crippen molar-refractivity contribution in [3.8, 4) is 5.75 Å². The van der Waals surface area contributed by atoms with Crippen molar-refractivity contribution < 1.29 is 18.3 Å². The van der Waals surface area contributed by atoms with Crippen LogP contribution in [-0.4, -0.2) is 70.6 Å². The van der Waals surface area contributed by atoms with Crippen LogP contribution in [0.5, 0.6) is 5.75 Å². The van der Waals surface area contributed by atoms with Crippen molar-refractivity contribution in [3.05, 3.63) is 24.2 Å². The van der Waals surface area contributed by atoms with Crippen LogP contribution in [0.2, 0.25) is 0 Å². The summed E-state index contributed by atoms with van der Waals surface area (Å²) in [5.74, 6) is 1.64. The minimum absolute atomic E-state index is 0.0321. The molecule has 2 aliphatic heterocycles. The summed E-state index contributed by atoms with van der Waals surface area (Å²) in [6.07, 6.45) is 6.05. The third-order valence-corrected chi connectivity index (χ3v) is 7.13. The normalized spacial score (nSPS) is 17.7. The summed E-state index contributed by atoms with van der Waals surface area (Å²) in [5, 5.41) is 9.77. The van der Waals surface area contributed by atoms with Crippen LogP contribution in [-0.2, 0) is 14.6 Å². The van der Waals surface area contributed by atoms with Crippen molar-refractivity contribution in [2.75, 3.05) is 30.8 Å². The van der Waals surface area contributed by atoms with Gasteiger partial charge in [0.1, 0.15) is 11.6 Å². The van der Waals surface area contributed by atoms with E-state index in [0.717, 1.165) is 68.7 Å². The third-order valence-electron chi connectivity index (χ3n) is 5.33. The number of aromatic hydroxyl groups is 1. The van der Waals surface area contributed by atoms with Crippen molar-refractivity contribution in [3.63, 3.8) is 0 Å². The molecule has 0 spiro atoms. The van der Waals surface area contributed by atoms with Crippen molar-refractivity contribution in [2.45, 2.75) is 56.5 Å². The molecule has 2 saturated heterocycles. The molecule has 2 fully saturated rings. The second-order valence-electron chi connectivity index (χ2n) is 8.13. The number of anilines is 1. The minimum atomic E-state index is -3.24. The Morgan fingerprint density at radius 3 is 2.39 bits per heavy atom. The molecule has 0 radical (unpaired) electrons. The second kappa shape index (κ2) is 9.90. The van der Waals surface area contributed by atoms with Gasteiger partial charge in [0.15, 0.2) is 14.9 Å². The number of piperidine rings is 1. The molecule has 31 heavy (non-hydrogen) atoms. The van der Waals surface area contributed by atoms with E-state index in [0.29, 0.717) is 17.9 Å². The average Bonchev–Trinajstić information content (AvgIpc) is 3.38. The third kappa shape index (κ3) is 6.13. The largest absolute Gasteiger partial charge is 0.506 e. The van der Waals surface area contributed by atoms with Gasteiger partial charge in [0.25, 0.3) is 0 Å². The van der Waals surface area contributed by atoms with Crippen LogP contribution in [0.1, 0.15) is 51.3 Å². The maximum atomic E-state index is 11.8. The molecule has 170 valence electrons. The molecule has 4 heterocycles. The van der Waals surface area contributed by atoms with E-state index in [-0.39, 0.29) is 10.8 Å². The summed E-state index contributed by atoms with van der Waals surface area (Å²) < 4.78 is 26.0. The van der Waals surface area contributed by atoms with Crippen LogP contribution in [0.15, 0.2) is 23.4 Å². The first kappa shape index (κ1) is 23.4. The lowest BCUT2D eigenvalue weighted by Gasteiger charge is -2.36. The Bertz CT molecular complexity index is 983. The van der Waals surface area contributed by atoms with Gasteiger partial charge in [-0.2, -0.15) is 4.37 Å². The Morgan fingerprint density at radius 1 is 1.19 bits per heavy atom. The second-order valence-corrected chi connectivity index (χ2v) is 10.8. The minimum Gasteiger partial charge on any atom is -0.506 e. The van der Waals surface area contributed by atoms with Crippen molar-refractivity contribution >= 4 is 32.4 Å². The van der Waals surface area contributed by atoms with Gasteiger partial charge in [-0.3, -0.25) is 4.79 Å². The van der Waals surface area contributed by atoms with Gasteiger partial charge >= 0.3 is 0 Å². The first-order chi connectivity index (χ1) is 14.6. The molecule has 2 aromatic heterocycles. The molecule has 0 aliphatic carbocycles. The van der Waals surface area contributed by atoms with Gasteiger partial charge < -0.3 is 14.9 Å². The Kier molecular flexibility index (Phi) is 7.47. The topological polar surface area (TPSA) is 117 Å². The number of nitrogens with zero attached hydrogens (tertiary/aromatic N) is 5. The van der Waals surface area contributed by atoms with Gasteiger partial charge in [-0.15, -0.1) is 0 Å². The molecule has 0 unspecified atom stereocenters. The zero-order chi connectivity index (χ0) is 22.6. The van der Waals surface area contributed by atoms with Crippen LogP contribution in [0.3, 0.4) is 0 Å². The van der Waals surface area contributed by atoms with Gasteiger partial charge in [-0.25, -0.2) is 18.4 Å². The van der Waals surface area contributed by atoms with Crippen molar-refractivity contribution in [1.82, 2.24) is 19.2 Å². The smallest absolute Gasteiger partial charge is 0.222 e. The standard InChI is InChI=1S/C14H22N4OS.C6H7NO3S/c1-10(2)13-15-14(20-16-13)17-8-5-11(6-9-17)18-7-3-4-12(18)19;1-11(9,10)6-3-2-5(8)4-7-6/h10-11H,3-9H2,1-2H3;2-4,8H,1H3. The maximum Gasteiger partial charge on any atom is 0.222 e. The zero-order valence-electron chi connectivity index (χ0n) is 18.1. The highest BCUT2D eigenvalue weighted by Gasteiger charge is 2.31. The Hall–Kier alpha value is -2.27. The predicted octanol–water partition coefficient (Wildman–Crippen LogP) is 2.44. The molecule has 1 N–H and O–H groups in total. The van der Waals surface area contributed by atoms with Crippen LogP contribution in [0, 0.1) is 0 Å². The van der Waals surface area contributed by atoms with Crippen molar-refractivity contribution in [1.29, 1.82) is 0 Å². The summed E-state index contributed by atoms with van der Waals surface area (Å²) in [4.78, 5) is 24.3.